The molecule has 1 aliphatic rings. The van der Waals surface area contributed by atoms with Gasteiger partial charge in [-0.05, 0) is 32.8 Å². The van der Waals surface area contributed by atoms with Gasteiger partial charge in [0.2, 0.25) is 0 Å². The molecule has 6 nitrogen and oxygen atoms in total. The van der Waals surface area contributed by atoms with Crippen LogP contribution in [0.15, 0.2) is 12.3 Å². The predicted molar refractivity (Wildman–Crippen MR) is 73.6 cm³/mol. The molecular formula is C14H18N4O2. The number of likely N-dealkylation sites (tertiary alicyclic amines) is 1. The van der Waals surface area contributed by atoms with E-state index < -0.39 is 6.10 Å². The van der Waals surface area contributed by atoms with Gasteiger partial charge in [0.25, 0.3) is 5.91 Å². The lowest BCUT2D eigenvalue weighted by molar-refractivity contribution is 0.0475. The quantitative estimate of drug-likeness (QED) is 0.840. The summed E-state index contributed by atoms with van der Waals surface area (Å²) in [7, 11) is 0. The predicted octanol–water partition coefficient (Wildman–Crippen LogP) is 0.943. The maximum absolute atomic E-state index is 12.6. The van der Waals surface area contributed by atoms with E-state index in [1.54, 1.807) is 15.6 Å². The topological polar surface area (TPSA) is 70.7 Å². The number of carbonyl (C=O) groups is 1. The van der Waals surface area contributed by atoms with Crippen LogP contribution in [0, 0.1) is 13.8 Å². The molecule has 3 rings (SSSR count). The van der Waals surface area contributed by atoms with Crippen LogP contribution in [0.4, 0.5) is 0 Å². The second kappa shape index (κ2) is 4.86. The molecule has 20 heavy (non-hydrogen) atoms. The molecule has 0 saturated carbocycles. The van der Waals surface area contributed by atoms with Crippen LogP contribution in [0.25, 0.3) is 5.65 Å². The van der Waals surface area contributed by atoms with Crippen molar-refractivity contribution >= 4 is 11.6 Å². The molecule has 1 N–H and O–H groups in total. The lowest BCUT2D eigenvalue weighted by Crippen LogP contribution is -2.42. The first kappa shape index (κ1) is 13.1. The fourth-order valence-electron chi connectivity index (χ4n) is 2.73. The lowest BCUT2D eigenvalue weighted by Gasteiger charge is -2.29. The number of carbonyl (C=O) groups excluding carboxylic acids is 1. The van der Waals surface area contributed by atoms with Crippen LogP contribution in [-0.4, -0.2) is 49.7 Å². The first-order valence-electron chi connectivity index (χ1n) is 6.85. The number of hydrogen-bond acceptors (Lipinski definition) is 4. The highest BCUT2D eigenvalue weighted by Crippen LogP contribution is 2.17. The van der Waals surface area contributed by atoms with E-state index in [9.17, 15) is 9.90 Å². The highest BCUT2D eigenvalue weighted by atomic mass is 16.3. The van der Waals surface area contributed by atoms with Gasteiger partial charge in [-0.15, -0.1) is 0 Å². The molecule has 0 aromatic carbocycles. The molecule has 2 aromatic rings. The molecule has 3 heterocycles. The van der Waals surface area contributed by atoms with E-state index in [4.69, 9.17) is 0 Å². The van der Waals surface area contributed by atoms with Crippen molar-refractivity contribution in [3.8, 4) is 0 Å². The molecule has 6 heteroatoms. The summed E-state index contributed by atoms with van der Waals surface area (Å²) in [6.07, 6.45) is 2.73. The fraction of sp³-hybridized carbons (Fsp3) is 0.500. The van der Waals surface area contributed by atoms with Crippen molar-refractivity contribution < 1.29 is 9.90 Å². The van der Waals surface area contributed by atoms with Crippen molar-refractivity contribution in [2.75, 3.05) is 13.1 Å². The van der Waals surface area contributed by atoms with Crippen LogP contribution in [0.1, 0.15) is 34.6 Å². The van der Waals surface area contributed by atoms with Gasteiger partial charge in [-0.1, -0.05) is 0 Å². The molecule has 1 aliphatic heterocycles. The van der Waals surface area contributed by atoms with Crippen molar-refractivity contribution in [1.29, 1.82) is 0 Å². The maximum atomic E-state index is 12.6. The third kappa shape index (κ3) is 2.16. The SMILES string of the molecule is Cc1cc(C)n2ncc(C(=O)N3CCCC(O)C3)c2n1. The Balaban J connectivity index is 1.99. The molecule has 1 amide bonds. The Morgan fingerprint density at radius 3 is 3.00 bits per heavy atom. The number of aliphatic hydroxyl groups excluding tert-OH is 1. The summed E-state index contributed by atoms with van der Waals surface area (Å²) in [5.74, 6) is -0.101. The zero-order valence-electron chi connectivity index (χ0n) is 11.7. The summed E-state index contributed by atoms with van der Waals surface area (Å²) in [4.78, 5) is 18.7. The number of nitrogens with zero attached hydrogens (tertiary/aromatic N) is 4. The van der Waals surface area contributed by atoms with Crippen LogP contribution < -0.4 is 0 Å². The van der Waals surface area contributed by atoms with Crippen LogP contribution in [-0.2, 0) is 0 Å². The molecule has 1 fully saturated rings. The standard InChI is InChI=1S/C14H18N4O2/c1-9-6-10(2)18-13(16-9)12(7-15-18)14(20)17-5-3-4-11(19)8-17/h6-7,11,19H,3-5,8H2,1-2H3. The molecule has 1 atom stereocenters. The summed E-state index contributed by atoms with van der Waals surface area (Å²) in [5.41, 5.74) is 2.91. The smallest absolute Gasteiger partial charge is 0.259 e. The first-order chi connectivity index (χ1) is 9.56. The van der Waals surface area contributed by atoms with Crippen molar-refractivity contribution in [3.63, 3.8) is 0 Å². The number of rotatable bonds is 1. The lowest BCUT2D eigenvalue weighted by atomic mass is 10.1. The summed E-state index contributed by atoms with van der Waals surface area (Å²) in [5, 5.41) is 13.9. The summed E-state index contributed by atoms with van der Waals surface area (Å²) < 4.78 is 1.68. The summed E-state index contributed by atoms with van der Waals surface area (Å²) in [6.45, 7) is 4.91. The zero-order chi connectivity index (χ0) is 14.3. The van der Waals surface area contributed by atoms with Gasteiger partial charge in [-0.3, -0.25) is 4.79 Å². The van der Waals surface area contributed by atoms with E-state index in [0.29, 0.717) is 24.3 Å². The number of β-amino-alcohol motifs (C(OH)–C–C–N with tert-alkyl or cyclic N) is 1. The Morgan fingerprint density at radius 2 is 2.25 bits per heavy atom. The van der Waals surface area contributed by atoms with Gasteiger partial charge in [-0.2, -0.15) is 5.10 Å². The Bertz CT molecular complexity index is 664. The average molecular weight is 274 g/mol. The Kier molecular flexibility index (Phi) is 3.17. The minimum Gasteiger partial charge on any atom is -0.391 e. The van der Waals surface area contributed by atoms with E-state index in [0.717, 1.165) is 24.2 Å². The average Bonchev–Trinajstić information content (AvgIpc) is 2.81. The molecule has 0 spiro atoms. The van der Waals surface area contributed by atoms with E-state index in [1.165, 1.54) is 0 Å². The van der Waals surface area contributed by atoms with E-state index in [1.807, 2.05) is 19.9 Å². The van der Waals surface area contributed by atoms with Crippen molar-refractivity contribution in [2.45, 2.75) is 32.8 Å². The minimum absolute atomic E-state index is 0.101. The number of amides is 1. The Labute approximate surface area is 117 Å². The van der Waals surface area contributed by atoms with Crippen LogP contribution >= 0.6 is 0 Å². The Hall–Kier alpha value is -1.95. The van der Waals surface area contributed by atoms with E-state index in [2.05, 4.69) is 10.1 Å². The van der Waals surface area contributed by atoms with Crippen molar-refractivity contribution in [1.82, 2.24) is 19.5 Å². The van der Waals surface area contributed by atoms with Crippen molar-refractivity contribution in [2.24, 2.45) is 0 Å². The number of fused-ring (bicyclic) bond motifs is 1. The molecule has 0 bridgehead atoms. The second-order valence-corrected chi connectivity index (χ2v) is 5.38. The van der Waals surface area contributed by atoms with E-state index >= 15 is 0 Å². The Morgan fingerprint density at radius 1 is 1.45 bits per heavy atom. The van der Waals surface area contributed by atoms with E-state index in [-0.39, 0.29) is 5.91 Å². The largest absolute Gasteiger partial charge is 0.391 e. The summed E-state index contributed by atoms with van der Waals surface area (Å²) in [6, 6.07) is 1.93. The number of aliphatic hydroxyl groups is 1. The van der Waals surface area contributed by atoms with Gasteiger partial charge in [-0.25, -0.2) is 9.50 Å². The monoisotopic (exact) mass is 274 g/mol. The molecule has 0 radical (unpaired) electrons. The molecule has 1 unspecified atom stereocenters. The van der Waals surface area contributed by atoms with Gasteiger partial charge in [0.15, 0.2) is 5.65 Å². The molecule has 1 saturated heterocycles. The number of piperidine rings is 1. The maximum Gasteiger partial charge on any atom is 0.259 e. The van der Waals surface area contributed by atoms with Crippen LogP contribution in [0.2, 0.25) is 0 Å². The highest BCUT2D eigenvalue weighted by molar-refractivity contribution is 5.99. The van der Waals surface area contributed by atoms with Gasteiger partial charge < -0.3 is 10.0 Å². The number of aryl methyl sites for hydroxylation is 2. The first-order valence-corrected chi connectivity index (χ1v) is 6.85. The molecule has 106 valence electrons. The summed E-state index contributed by atoms with van der Waals surface area (Å²) >= 11 is 0. The number of aromatic nitrogens is 3. The van der Waals surface area contributed by atoms with Gasteiger partial charge in [0.05, 0.1) is 12.3 Å². The van der Waals surface area contributed by atoms with Gasteiger partial charge in [0.1, 0.15) is 5.56 Å². The van der Waals surface area contributed by atoms with Crippen LogP contribution in [0.3, 0.4) is 0 Å². The van der Waals surface area contributed by atoms with Crippen LogP contribution in [0.5, 0.6) is 0 Å². The third-order valence-electron chi connectivity index (χ3n) is 3.69. The minimum atomic E-state index is -0.425. The third-order valence-corrected chi connectivity index (χ3v) is 3.69. The highest BCUT2D eigenvalue weighted by Gasteiger charge is 2.26. The molecule has 2 aromatic heterocycles. The molecular weight excluding hydrogens is 256 g/mol. The fourth-order valence-corrected chi connectivity index (χ4v) is 2.73. The zero-order valence-corrected chi connectivity index (χ0v) is 11.7. The molecule has 0 aliphatic carbocycles. The number of hydrogen-bond donors (Lipinski definition) is 1. The second-order valence-electron chi connectivity index (χ2n) is 5.38. The van der Waals surface area contributed by atoms with Gasteiger partial charge >= 0.3 is 0 Å². The normalized spacial score (nSPS) is 19.6. The van der Waals surface area contributed by atoms with Gasteiger partial charge in [0, 0.05) is 24.5 Å². The van der Waals surface area contributed by atoms with Crippen molar-refractivity contribution in [3.05, 3.63) is 29.2 Å².